The third-order valence-electron chi connectivity index (χ3n) is 5.57. The maximum Gasteiger partial charge on any atom is 0.225 e. The van der Waals surface area contributed by atoms with Gasteiger partial charge in [0.15, 0.2) is 0 Å². The number of aliphatic hydroxyl groups excluding tert-OH is 2. The number of anilines is 1. The monoisotopic (exact) mass is 396 g/mol. The van der Waals surface area contributed by atoms with E-state index in [-0.39, 0.29) is 24.7 Å². The molecule has 0 amide bonds. The van der Waals surface area contributed by atoms with Crippen molar-refractivity contribution in [2.45, 2.75) is 52.4 Å². The molecular weight excluding hydrogens is 368 g/mol. The molecule has 0 aromatic carbocycles. The van der Waals surface area contributed by atoms with E-state index in [4.69, 9.17) is 4.98 Å². The molecule has 0 aliphatic carbocycles. The van der Waals surface area contributed by atoms with Crippen molar-refractivity contribution in [1.29, 1.82) is 0 Å². The Kier molecular flexibility index (Phi) is 5.47. The van der Waals surface area contributed by atoms with Crippen LogP contribution in [-0.4, -0.2) is 53.9 Å². The molecule has 4 rings (SSSR count). The summed E-state index contributed by atoms with van der Waals surface area (Å²) < 4.78 is 2.05. The largest absolute Gasteiger partial charge is 0.393 e. The number of rotatable bonds is 5. The average Bonchev–Trinajstić information content (AvgIpc) is 3.08. The number of fused-ring (bicyclic) bond motifs is 1. The van der Waals surface area contributed by atoms with Crippen molar-refractivity contribution >= 4 is 17.0 Å². The summed E-state index contributed by atoms with van der Waals surface area (Å²) >= 11 is 0. The molecule has 2 N–H and O–H groups in total. The van der Waals surface area contributed by atoms with Crippen LogP contribution in [0.4, 0.5) is 5.95 Å². The molecule has 0 saturated carbocycles. The van der Waals surface area contributed by atoms with Gasteiger partial charge in [-0.25, -0.2) is 15.0 Å². The molecule has 1 saturated heterocycles. The fraction of sp³-hybridized carbons (Fsp3) is 0.524. The highest BCUT2D eigenvalue weighted by Gasteiger charge is 2.25. The number of hydrogen-bond acceptors (Lipinski definition) is 7. The second kappa shape index (κ2) is 8.04. The summed E-state index contributed by atoms with van der Waals surface area (Å²) in [6, 6.07) is 4.14. The van der Waals surface area contributed by atoms with E-state index in [1.807, 2.05) is 16.7 Å². The molecule has 8 nitrogen and oxygen atoms in total. The van der Waals surface area contributed by atoms with Crippen LogP contribution in [-0.2, 0) is 13.0 Å². The van der Waals surface area contributed by atoms with Gasteiger partial charge in [0.2, 0.25) is 5.95 Å². The fourth-order valence-electron chi connectivity index (χ4n) is 4.01. The highest BCUT2D eigenvalue weighted by atomic mass is 16.3. The molecule has 154 valence electrons. The first-order valence-corrected chi connectivity index (χ1v) is 10.2. The van der Waals surface area contributed by atoms with Gasteiger partial charge in [0.25, 0.3) is 0 Å². The second-order valence-electron chi connectivity index (χ2n) is 8.12. The maximum atomic E-state index is 9.96. The number of imidazole rings is 1. The summed E-state index contributed by atoms with van der Waals surface area (Å²) in [6.45, 7) is 7.63. The van der Waals surface area contributed by atoms with Gasteiger partial charge in [-0.3, -0.25) is 4.98 Å². The number of piperidine rings is 1. The van der Waals surface area contributed by atoms with Gasteiger partial charge in [-0.1, -0.05) is 6.92 Å². The molecule has 3 aromatic heterocycles. The van der Waals surface area contributed by atoms with Crippen LogP contribution < -0.4 is 4.90 Å². The first-order chi connectivity index (χ1) is 14.0. The van der Waals surface area contributed by atoms with Gasteiger partial charge in [0, 0.05) is 37.4 Å². The molecular formula is C21H28N6O2. The SMILES string of the molecule is CC1CN(c2nccc(Cc3cc4c(cn3)nc(CO)n4C(C)C)n2)CCC1O. The lowest BCUT2D eigenvalue weighted by Crippen LogP contribution is -2.42. The molecule has 8 heteroatoms. The number of pyridine rings is 1. The molecule has 0 radical (unpaired) electrons. The van der Waals surface area contributed by atoms with Crippen LogP contribution in [0.25, 0.3) is 11.0 Å². The van der Waals surface area contributed by atoms with Crippen molar-refractivity contribution in [3.8, 4) is 0 Å². The summed E-state index contributed by atoms with van der Waals surface area (Å²) in [4.78, 5) is 20.4. The van der Waals surface area contributed by atoms with Crippen molar-refractivity contribution in [1.82, 2.24) is 24.5 Å². The third-order valence-corrected chi connectivity index (χ3v) is 5.57. The second-order valence-corrected chi connectivity index (χ2v) is 8.12. The lowest BCUT2D eigenvalue weighted by molar-refractivity contribution is 0.0966. The van der Waals surface area contributed by atoms with Gasteiger partial charge >= 0.3 is 0 Å². The number of aliphatic hydroxyl groups is 2. The van der Waals surface area contributed by atoms with Crippen molar-refractivity contribution in [2.24, 2.45) is 5.92 Å². The summed E-state index contributed by atoms with van der Waals surface area (Å²) in [6.07, 6.45) is 4.63. The van der Waals surface area contributed by atoms with Crippen LogP contribution in [0.15, 0.2) is 24.5 Å². The number of nitrogens with zero attached hydrogens (tertiary/aromatic N) is 6. The molecule has 29 heavy (non-hydrogen) atoms. The zero-order chi connectivity index (χ0) is 20.5. The molecule has 3 aromatic rings. The van der Waals surface area contributed by atoms with E-state index >= 15 is 0 Å². The Morgan fingerprint density at radius 1 is 1.21 bits per heavy atom. The Morgan fingerprint density at radius 3 is 2.76 bits per heavy atom. The van der Waals surface area contributed by atoms with E-state index < -0.39 is 0 Å². The predicted octanol–water partition coefficient (Wildman–Crippen LogP) is 2.09. The molecule has 0 spiro atoms. The average molecular weight is 396 g/mol. The predicted molar refractivity (Wildman–Crippen MR) is 111 cm³/mol. The van der Waals surface area contributed by atoms with Crippen LogP contribution in [0.1, 0.15) is 50.4 Å². The zero-order valence-corrected chi connectivity index (χ0v) is 17.2. The third kappa shape index (κ3) is 3.95. The van der Waals surface area contributed by atoms with Crippen molar-refractivity contribution in [3.05, 3.63) is 41.7 Å². The Morgan fingerprint density at radius 2 is 2.03 bits per heavy atom. The Hall–Kier alpha value is -2.58. The van der Waals surface area contributed by atoms with E-state index in [9.17, 15) is 10.2 Å². The van der Waals surface area contributed by atoms with E-state index in [2.05, 4.69) is 40.6 Å². The topological polar surface area (TPSA) is 100 Å². The van der Waals surface area contributed by atoms with Crippen molar-refractivity contribution in [3.63, 3.8) is 0 Å². The van der Waals surface area contributed by atoms with Gasteiger partial charge in [-0.05, 0) is 38.3 Å². The van der Waals surface area contributed by atoms with E-state index in [0.717, 1.165) is 41.9 Å². The van der Waals surface area contributed by atoms with Crippen molar-refractivity contribution < 1.29 is 10.2 Å². The Balaban J connectivity index is 1.59. The minimum absolute atomic E-state index is 0.0968. The molecule has 1 fully saturated rings. The zero-order valence-electron chi connectivity index (χ0n) is 17.2. The molecule has 1 aliphatic rings. The molecule has 4 heterocycles. The maximum absolute atomic E-state index is 9.96. The van der Waals surface area contributed by atoms with Crippen LogP contribution in [0.3, 0.4) is 0 Å². The summed E-state index contributed by atoms with van der Waals surface area (Å²) in [7, 11) is 0. The Labute approximate surface area is 170 Å². The normalized spacial score (nSPS) is 20.0. The summed E-state index contributed by atoms with van der Waals surface area (Å²) in [5.74, 6) is 1.56. The van der Waals surface area contributed by atoms with E-state index in [1.165, 1.54) is 0 Å². The van der Waals surface area contributed by atoms with Crippen LogP contribution in [0.2, 0.25) is 0 Å². The van der Waals surface area contributed by atoms with Gasteiger partial charge in [0.1, 0.15) is 17.9 Å². The van der Waals surface area contributed by atoms with Crippen LogP contribution in [0.5, 0.6) is 0 Å². The van der Waals surface area contributed by atoms with Gasteiger partial charge in [0.05, 0.1) is 23.5 Å². The van der Waals surface area contributed by atoms with Gasteiger partial charge < -0.3 is 19.7 Å². The van der Waals surface area contributed by atoms with Crippen LogP contribution >= 0.6 is 0 Å². The highest BCUT2D eigenvalue weighted by Crippen LogP contribution is 2.23. The van der Waals surface area contributed by atoms with Crippen LogP contribution in [0, 0.1) is 5.92 Å². The van der Waals surface area contributed by atoms with Gasteiger partial charge in [-0.15, -0.1) is 0 Å². The summed E-state index contributed by atoms with van der Waals surface area (Å²) in [5.41, 5.74) is 3.56. The quantitative estimate of drug-likeness (QED) is 0.681. The molecule has 2 unspecified atom stereocenters. The van der Waals surface area contributed by atoms with Crippen molar-refractivity contribution in [2.75, 3.05) is 18.0 Å². The lowest BCUT2D eigenvalue weighted by Gasteiger charge is -2.34. The molecule has 1 aliphatic heterocycles. The number of aromatic nitrogens is 5. The number of hydrogen-bond donors (Lipinski definition) is 2. The first-order valence-electron chi connectivity index (χ1n) is 10.2. The molecule has 2 atom stereocenters. The fourth-order valence-corrected chi connectivity index (χ4v) is 4.01. The standard InChI is InChI=1S/C21H28N6O2/c1-13(2)27-18-9-16(23-10-17(18)25-20(27)12-28)8-15-4-6-22-21(24-15)26-7-5-19(29)14(3)11-26/h4,6,9-10,13-14,19,28-29H,5,7-8,11-12H2,1-3H3. The minimum Gasteiger partial charge on any atom is -0.393 e. The minimum atomic E-state index is -0.250. The smallest absolute Gasteiger partial charge is 0.225 e. The summed E-state index contributed by atoms with van der Waals surface area (Å²) in [5, 5.41) is 19.6. The Bertz CT molecular complexity index is 1000. The van der Waals surface area contributed by atoms with Gasteiger partial charge in [-0.2, -0.15) is 0 Å². The van der Waals surface area contributed by atoms with E-state index in [1.54, 1.807) is 12.4 Å². The first kappa shape index (κ1) is 19.7. The molecule has 0 bridgehead atoms. The lowest BCUT2D eigenvalue weighted by atomic mass is 9.97. The van der Waals surface area contributed by atoms with E-state index in [0.29, 0.717) is 18.2 Å². The highest BCUT2D eigenvalue weighted by molar-refractivity contribution is 5.75.